The molecule has 4 heteroatoms. The topological polar surface area (TPSA) is 52.0 Å². The van der Waals surface area contributed by atoms with Crippen LogP contribution in [0.3, 0.4) is 0 Å². The van der Waals surface area contributed by atoms with E-state index in [1.165, 1.54) is 5.56 Å². The van der Waals surface area contributed by atoms with Gasteiger partial charge in [-0.15, -0.1) is 0 Å². The first kappa shape index (κ1) is 13.6. The molecule has 0 unspecified atom stereocenters. The van der Waals surface area contributed by atoms with Gasteiger partial charge in [0.2, 0.25) is 0 Å². The standard InChI is InChI=1S/C17H18N4/c18-10-15-6-7-17(19-11-15)20-16-8-9-21(13-16)12-14-4-2-1-3-5-14/h1-7,11,16H,8-9,12-13H2,(H,19,20)/t16-/m0/s1. The molecule has 0 saturated carbocycles. The number of likely N-dealkylation sites (tertiary alicyclic amines) is 1. The molecule has 1 N–H and O–H groups in total. The van der Waals surface area contributed by atoms with Crippen LogP contribution in [-0.2, 0) is 6.54 Å². The molecule has 21 heavy (non-hydrogen) atoms. The van der Waals surface area contributed by atoms with Crippen LogP contribution < -0.4 is 5.32 Å². The SMILES string of the molecule is N#Cc1ccc(N[C@H]2CCN(Cc3ccccc3)C2)nc1. The van der Waals surface area contributed by atoms with Gasteiger partial charge in [0, 0.05) is 31.9 Å². The van der Waals surface area contributed by atoms with Crippen LogP contribution in [0.4, 0.5) is 5.82 Å². The molecule has 1 saturated heterocycles. The van der Waals surface area contributed by atoms with E-state index in [1.807, 2.05) is 6.07 Å². The van der Waals surface area contributed by atoms with Crippen molar-refractivity contribution in [1.82, 2.24) is 9.88 Å². The lowest BCUT2D eigenvalue weighted by atomic mass is 10.2. The Bertz CT molecular complexity index is 615. The molecule has 1 fully saturated rings. The van der Waals surface area contributed by atoms with Gasteiger partial charge in [-0.1, -0.05) is 30.3 Å². The van der Waals surface area contributed by atoms with Gasteiger partial charge in [0.1, 0.15) is 11.9 Å². The highest BCUT2D eigenvalue weighted by atomic mass is 15.2. The third-order valence-corrected chi connectivity index (χ3v) is 3.77. The minimum atomic E-state index is 0.425. The molecule has 0 aliphatic carbocycles. The largest absolute Gasteiger partial charge is 0.366 e. The van der Waals surface area contributed by atoms with Gasteiger partial charge < -0.3 is 5.32 Å². The number of hydrogen-bond acceptors (Lipinski definition) is 4. The van der Waals surface area contributed by atoms with Gasteiger partial charge in [-0.25, -0.2) is 4.98 Å². The zero-order valence-corrected chi connectivity index (χ0v) is 11.9. The average molecular weight is 278 g/mol. The highest BCUT2D eigenvalue weighted by molar-refractivity contribution is 5.40. The number of nitrogens with zero attached hydrogens (tertiary/aromatic N) is 3. The number of nitrogens with one attached hydrogen (secondary N) is 1. The van der Waals surface area contributed by atoms with Gasteiger partial charge in [0.25, 0.3) is 0 Å². The summed E-state index contributed by atoms with van der Waals surface area (Å²) in [6, 6.07) is 16.7. The Hall–Kier alpha value is -2.38. The molecular weight excluding hydrogens is 260 g/mol. The van der Waals surface area contributed by atoms with Crippen molar-refractivity contribution >= 4 is 5.82 Å². The second-order valence-electron chi connectivity index (χ2n) is 5.39. The number of anilines is 1. The normalized spacial score (nSPS) is 18.3. The lowest BCUT2D eigenvalue weighted by molar-refractivity contribution is 0.328. The van der Waals surface area contributed by atoms with E-state index >= 15 is 0 Å². The summed E-state index contributed by atoms with van der Waals surface area (Å²) in [6.07, 6.45) is 2.73. The van der Waals surface area contributed by atoms with Crippen molar-refractivity contribution in [1.29, 1.82) is 5.26 Å². The van der Waals surface area contributed by atoms with Crippen molar-refractivity contribution in [3.05, 3.63) is 59.8 Å². The van der Waals surface area contributed by atoms with Crippen LogP contribution in [0.1, 0.15) is 17.5 Å². The van der Waals surface area contributed by atoms with Gasteiger partial charge in [0.05, 0.1) is 5.56 Å². The van der Waals surface area contributed by atoms with Gasteiger partial charge in [0.15, 0.2) is 0 Å². The first-order valence-electron chi connectivity index (χ1n) is 7.22. The fourth-order valence-corrected chi connectivity index (χ4v) is 2.69. The van der Waals surface area contributed by atoms with Crippen molar-refractivity contribution in [3.63, 3.8) is 0 Å². The Morgan fingerprint density at radius 1 is 1.24 bits per heavy atom. The van der Waals surface area contributed by atoms with Crippen molar-refractivity contribution in [3.8, 4) is 6.07 Å². The van der Waals surface area contributed by atoms with Crippen molar-refractivity contribution in [2.24, 2.45) is 0 Å². The van der Waals surface area contributed by atoms with E-state index in [-0.39, 0.29) is 0 Å². The number of aromatic nitrogens is 1. The third kappa shape index (κ3) is 3.59. The summed E-state index contributed by atoms with van der Waals surface area (Å²) in [7, 11) is 0. The quantitative estimate of drug-likeness (QED) is 0.934. The first-order valence-corrected chi connectivity index (χ1v) is 7.22. The molecule has 106 valence electrons. The van der Waals surface area contributed by atoms with E-state index in [0.717, 1.165) is 31.9 Å². The summed E-state index contributed by atoms with van der Waals surface area (Å²) in [6.45, 7) is 3.12. The minimum Gasteiger partial charge on any atom is -0.366 e. The van der Waals surface area contributed by atoms with E-state index in [1.54, 1.807) is 12.3 Å². The number of benzene rings is 1. The summed E-state index contributed by atoms with van der Waals surface area (Å²) < 4.78 is 0. The summed E-state index contributed by atoms with van der Waals surface area (Å²) in [5.41, 5.74) is 1.95. The maximum atomic E-state index is 8.77. The second-order valence-corrected chi connectivity index (χ2v) is 5.39. The van der Waals surface area contributed by atoms with Crippen LogP contribution in [0.15, 0.2) is 48.7 Å². The fraction of sp³-hybridized carbons (Fsp3) is 0.294. The molecule has 0 bridgehead atoms. The predicted molar refractivity (Wildman–Crippen MR) is 82.7 cm³/mol. The molecule has 2 aromatic rings. The lowest BCUT2D eigenvalue weighted by Crippen LogP contribution is -2.26. The lowest BCUT2D eigenvalue weighted by Gasteiger charge is -2.17. The molecule has 1 aliphatic heterocycles. The molecule has 1 aromatic heterocycles. The molecule has 4 nitrogen and oxygen atoms in total. The summed E-state index contributed by atoms with van der Waals surface area (Å²) in [5, 5.41) is 12.2. The van der Waals surface area contributed by atoms with Crippen LogP contribution in [0.25, 0.3) is 0 Å². The highest BCUT2D eigenvalue weighted by Gasteiger charge is 2.22. The van der Waals surface area contributed by atoms with Crippen LogP contribution in [0.2, 0.25) is 0 Å². The summed E-state index contributed by atoms with van der Waals surface area (Å²) in [4.78, 5) is 6.72. The zero-order valence-electron chi connectivity index (χ0n) is 11.9. The Labute approximate surface area is 125 Å². The molecule has 0 amide bonds. The van der Waals surface area contributed by atoms with Gasteiger partial charge in [-0.05, 0) is 24.1 Å². The van der Waals surface area contributed by atoms with Crippen molar-refractivity contribution < 1.29 is 0 Å². The van der Waals surface area contributed by atoms with E-state index in [9.17, 15) is 0 Å². The Kier molecular flexibility index (Phi) is 4.13. The average Bonchev–Trinajstić information content (AvgIpc) is 2.96. The van der Waals surface area contributed by atoms with Crippen LogP contribution in [0, 0.1) is 11.3 Å². The first-order chi connectivity index (χ1) is 10.3. The molecule has 2 heterocycles. The zero-order chi connectivity index (χ0) is 14.5. The Morgan fingerprint density at radius 2 is 2.10 bits per heavy atom. The maximum Gasteiger partial charge on any atom is 0.126 e. The predicted octanol–water partition coefficient (Wildman–Crippen LogP) is 2.64. The highest BCUT2D eigenvalue weighted by Crippen LogP contribution is 2.17. The van der Waals surface area contributed by atoms with Crippen molar-refractivity contribution in [2.45, 2.75) is 19.0 Å². The fourth-order valence-electron chi connectivity index (χ4n) is 2.69. The monoisotopic (exact) mass is 278 g/mol. The molecular formula is C17H18N4. The van der Waals surface area contributed by atoms with Crippen molar-refractivity contribution in [2.75, 3.05) is 18.4 Å². The Balaban J connectivity index is 1.53. The Morgan fingerprint density at radius 3 is 2.81 bits per heavy atom. The number of hydrogen-bond donors (Lipinski definition) is 1. The minimum absolute atomic E-state index is 0.425. The van der Waals surface area contributed by atoms with Crippen LogP contribution in [-0.4, -0.2) is 29.0 Å². The molecule has 1 aliphatic rings. The molecule has 3 rings (SSSR count). The number of nitriles is 1. The molecule has 0 radical (unpaired) electrons. The van der Waals surface area contributed by atoms with E-state index in [0.29, 0.717) is 11.6 Å². The van der Waals surface area contributed by atoms with Gasteiger partial charge in [-0.2, -0.15) is 5.26 Å². The smallest absolute Gasteiger partial charge is 0.126 e. The van der Waals surface area contributed by atoms with Gasteiger partial charge in [-0.3, -0.25) is 4.90 Å². The maximum absolute atomic E-state index is 8.77. The van der Waals surface area contributed by atoms with Crippen LogP contribution in [0.5, 0.6) is 0 Å². The van der Waals surface area contributed by atoms with Gasteiger partial charge >= 0.3 is 0 Å². The third-order valence-electron chi connectivity index (χ3n) is 3.77. The molecule has 1 aromatic carbocycles. The number of rotatable bonds is 4. The van der Waals surface area contributed by atoms with E-state index in [4.69, 9.17) is 5.26 Å². The summed E-state index contributed by atoms with van der Waals surface area (Å²) >= 11 is 0. The van der Waals surface area contributed by atoms with E-state index in [2.05, 4.69) is 51.6 Å². The number of pyridine rings is 1. The van der Waals surface area contributed by atoms with Crippen LogP contribution >= 0.6 is 0 Å². The second kappa shape index (κ2) is 6.38. The summed E-state index contributed by atoms with van der Waals surface area (Å²) in [5.74, 6) is 0.848. The van der Waals surface area contributed by atoms with E-state index < -0.39 is 0 Å². The molecule has 1 atom stereocenters. The molecule has 0 spiro atoms.